The molecule has 5 N–H and O–H groups in total. The molecule has 3 aliphatic rings. The summed E-state index contributed by atoms with van der Waals surface area (Å²) >= 11 is 4.31. The van der Waals surface area contributed by atoms with E-state index in [0.29, 0.717) is 59.6 Å². The van der Waals surface area contributed by atoms with Crippen LogP contribution in [0.15, 0.2) is 42.5 Å². The van der Waals surface area contributed by atoms with Crippen LogP contribution in [-0.4, -0.2) is 81.5 Å². The molecule has 14 heteroatoms. The van der Waals surface area contributed by atoms with Gasteiger partial charge in [-0.2, -0.15) is 13.2 Å². The van der Waals surface area contributed by atoms with Crippen LogP contribution in [0.1, 0.15) is 55.6 Å². The molecule has 3 saturated heterocycles. The van der Waals surface area contributed by atoms with E-state index >= 15 is 4.39 Å². The summed E-state index contributed by atoms with van der Waals surface area (Å²) < 4.78 is 80.2. The van der Waals surface area contributed by atoms with Crippen molar-refractivity contribution in [2.24, 2.45) is 11.7 Å². The molecule has 2 aromatic rings. The molecule has 0 aromatic heterocycles. The number of anilines is 1. The summed E-state index contributed by atoms with van der Waals surface area (Å²) in [5.41, 5.74) is 7.97. The zero-order chi connectivity index (χ0) is 33.0. The summed E-state index contributed by atoms with van der Waals surface area (Å²) in [4.78, 5) is 16.1. The van der Waals surface area contributed by atoms with Gasteiger partial charge in [0.15, 0.2) is 11.1 Å². The SMILES string of the molecule is NC(C(=O)Nc1cccc(F)c1CCC1NCC(CCCS(=O)O)N2CC12)C(c1ccc(Cl)cc1)C1CCOC(CC(F)(F)F)C1. The van der Waals surface area contributed by atoms with E-state index in [2.05, 4.69) is 15.5 Å². The second-order valence-electron chi connectivity index (χ2n) is 12.6. The number of halogens is 5. The molecule has 3 aliphatic heterocycles. The van der Waals surface area contributed by atoms with E-state index in [1.54, 1.807) is 30.3 Å². The van der Waals surface area contributed by atoms with E-state index in [1.807, 2.05) is 0 Å². The van der Waals surface area contributed by atoms with Gasteiger partial charge in [0, 0.05) is 65.8 Å². The van der Waals surface area contributed by atoms with Crippen LogP contribution in [0.3, 0.4) is 0 Å². The van der Waals surface area contributed by atoms with Gasteiger partial charge in [-0.05, 0) is 74.3 Å². The van der Waals surface area contributed by atoms with Crippen molar-refractivity contribution in [3.05, 3.63) is 64.4 Å². The normalized spacial score (nSPS) is 28.2. The fourth-order valence-corrected chi connectivity index (χ4v) is 7.73. The largest absolute Gasteiger partial charge is 0.391 e. The molecule has 1 amide bonds. The van der Waals surface area contributed by atoms with Crippen molar-refractivity contribution >= 4 is 34.3 Å². The van der Waals surface area contributed by atoms with Crippen molar-refractivity contribution in [2.75, 3.05) is 30.8 Å². The molecule has 0 saturated carbocycles. The number of amides is 1. The lowest BCUT2D eigenvalue weighted by molar-refractivity contribution is -0.169. The molecule has 0 radical (unpaired) electrons. The lowest BCUT2D eigenvalue weighted by atomic mass is 9.75. The zero-order valence-electron chi connectivity index (χ0n) is 25.4. The van der Waals surface area contributed by atoms with E-state index in [0.717, 1.165) is 19.5 Å². The standard InChI is InChI=1S/C32H41ClF4N4O4S/c33-21-8-6-19(7-9-21)29(20-12-13-45-23(15-20)16-32(35,36)37)30(38)31(42)40-26-5-1-4-25(34)24(26)10-11-27-28-18-41(28)22(17-39-27)3-2-14-46(43)44/h1,4-9,20,22-23,27-30,39H,2-3,10-18,38H2,(H,40,42)(H,43,44). The first-order chi connectivity index (χ1) is 21.9. The van der Waals surface area contributed by atoms with Crippen LogP contribution in [0.2, 0.25) is 5.02 Å². The highest BCUT2D eigenvalue weighted by Crippen LogP contribution is 2.40. The van der Waals surface area contributed by atoms with E-state index in [1.165, 1.54) is 12.1 Å². The summed E-state index contributed by atoms with van der Waals surface area (Å²) in [5.74, 6) is -1.72. The first-order valence-electron chi connectivity index (χ1n) is 15.7. The van der Waals surface area contributed by atoms with Crippen LogP contribution in [-0.2, 0) is 27.0 Å². The number of hydrogen-bond donors (Lipinski definition) is 4. The third kappa shape index (κ3) is 9.27. The fourth-order valence-electron chi connectivity index (χ4n) is 7.20. The number of piperazine rings is 1. The Balaban J connectivity index is 1.25. The quantitative estimate of drug-likeness (QED) is 0.129. The van der Waals surface area contributed by atoms with Crippen molar-refractivity contribution in [3.63, 3.8) is 0 Å². The van der Waals surface area contributed by atoms with Crippen LogP contribution >= 0.6 is 11.6 Å². The van der Waals surface area contributed by atoms with Gasteiger partial charge in [0.1, 0.15) is 5.82 Å². The Labute approximate surface area is 274 Å². The maximum atomic E-state index is 15.2. The summed E-state index contributed by atoms with van der Waals surface area (Å²) in [7, 11) is 0. The monoisotopic (exact) mass is 688 g/mol. The lowest BCUT2D eigenvalue weighted by Gasteiger charge is -2.37. The van der Waals surface area contributed by atoms with Gasteiger partial charge in [0.05, 0.1) is 18.6 Å². The Bertz CT molecular complexity index is 1370. The average molecular weight is 689 g/mol. The number of hydrogen-bond acceptors (Lipinski definition) is 6. The summed E-state index contributed by atoms with van der Waals surface area (Å²) in [6.07, 6.45) is -3.46. The number of fused-ring (bicyclic) bond motifs is 1. The highest BCUT2D eigenvalue weighted by Gasteiger charge is 2.47. The van der Waals surface area contributed by atoms with Crippen molar-refractivity contribution in [3.8, 4) is 0 Å². The molecule has 5 rings (SSSR count). The number of nitrogens with zero attached hydrogens (tertiary/aromatic N) is 1. The van der Waals surface area contributed by atoms with E-state index in [9.17, 15) is 22.2 Å². The number of rotatable bonds is 13. The molecule has 2 aromatic carbocycles. The van der Waals surface area contributed by atoms with Gasteiger partial charge in [0.25, 0.3) is 0 Å². The highest BCUT2D eigenvalue weighted by molar-refractivity contribution is 7.79. The minimum absolute atomic E-state index is 0.0906. The van der Waals surface area contributed by atoms with Crippen LogP contribution in [0, 0.1) is 11.7 Å². The Morgan fingerprint density at radius 3 is 2.70 bits per heavy atom. The van der Waals surface area contributed by atoms with Crippen molar-refractivity contribution in [1.82, 2.24) is 10.2 Å². The van der Waals surface area contributed by atoms with Gasteiger partial charge in [-0.15, -0.1) is 0 Å². The van der Waals surface area contributed by atoms with E-state index < -0.39 is 53.5 Å². The lowest BCUT2D eigenvalue weighted by Crippen LogP contribution is -2.49. The predicted octanol–water partition coefficient (Wildman–Crippen LogP) is 5.24. The van der Waals surface area contributed by atoms with Crippen LogP contribution in [0.4, 0.5) is 23.2 Å². The van der Waals surface area contributed by atoms with Crippen LogP contribution < -0.4 is 16.4 Å². The van der Waals surface area contributed by atoms with Crippen molar-refractivity contribution < 1.29 is 35.9 Å². The molecule has 3 fully saturated rings. The minimum atomic E-state index is -4.38. The maximum Gasteiger partial charge on any atom is 0.391 e. The summed E-state index contributed by atoms with van der Waals surface area (Å²) in [5, 5.41) is 6.87. The number of ether oxygens (including phenoxy) is 1. The topological polar surface area (TPSA) is 117 Å². The second kappa shape index (κ2) is 15.4. The smallest absolute Gasteiger partial charge is 0.378 e. The Kier molecular flexibility index (Phi) is 11.8. The second-order valence-corrected chi connectivity index (χ2v) is 14.1. The van der Waals surface area contributed by atoms with Crippen LogP contribution in [0.5, 0.6) is 0 Å². The molecule has 0 bridgehead atoms. The zero-order valence-corrected chi connectivity index (χ0v) is 26.9. The van der Waals surface area contributed by atoms with Gasteiger partial charge in [0.2, 0.25) is 5.91 Å². The fraction of sp³-hybridized carbons (Fsp3) is 0.594. The molecule has 9 atom stereocenters. The van der Waals surface area contributed by atoms with E-state index in [4.69, 9.17) is 26.6 Å². The summed E-state index contributed by atoms with van der Waals surface area (Å²) in [6.45, 7) is 1.79. The maximum absolute atomic E-state index is 15.2. The molecule has 8 nitrogen and oxygen atoms in total. The minimum Gasteiger partial charge on any atom is -0.378 e. The van der Waals surface area contributed by atoms with Gasteiger partial charge in [-0.3, -0.25) is 9.69 Å². The van der Waals surface area contributed by atoms with Gasteiger partial charge in [-0.1, -0.05) is 29.8 Å². The predicted molar refractivity (Wildman–Crippen MR) is 170 cm³/mol. The molecule has 0 spiro atoms. The third-order valence-corrected chi connectivity index (χ3v) is 10.4. The van der Waals surface area contributed by atoms with Gasteiger partial charge in [-0.25, -0.2) is 8.60 Å². The Morgan fingerprint density at radius 1 is 1.22 bits per heavy atom. The van der Waals surface area contributed by atoms with Crippen molar-refractivity contribution in [1.29, 1.82) is 0 Å². The number of carbonyl (C=O) groups is 1. The van der Waals surface area contributed by atoms with E-state index in [-0.39, 0.29) is 30.7 Å². The van der Waals surface area contributed by atoms with Gasteiger partial charge < -0.3 is 25.7 Å². The first kappa shape index (κ1) is 35.2. The highest BCUT2D eigenvalue weighted by atomic mass is 35.5. The Hall–Kier alpha value is -2.13. The molecular formula is C32H41ClF4N4O4S. The first-order valence-corrected chi connectivity index (χ1v) is 17.4. The number of alkyl halides is 3. The van der Waals surface area contributed by atoms with Crippen LogP contribution in [0.25, 0.3) is 0 Å². The molecule has 46 heavy (non-hydrogen) atoms. The molecule has 254 valence electrons. The Morgan fingerprint density at radius 2 is 1.98 bits per heavy atom. The number of nitrogens with two attached hydrogens (primary N) is 1. The average Bonchev–Trinajstić information content (AvgIpc) is 3.80. The number of nitrogens with one attached hydrogen (secondary N) is 2. The third-order valence-electron chi connectivity index (χ3n) is 9.50. The molecule has 0 aliphatic carbocycles. The number of benzene rings is 2. The van der Waals surface area contributed by atoms with Gasteiger partial charge >= 0.3 is 6.18 Å². The number of carbonyl (C=O) groups excluding carboxylic acids is 1. The molecule has 9 unspecified atom stereocenters. The molecule has 3 heterocycles. The molecular weight excluding hydrogens is 648 g/mol. The summed E-state index contributed by atoms with van der Waals surface area (Å²) in [6, 6.07) is 10.9. The van der Waals surface area contributed by atoms with Crippen molar-refractivity contribution in [2.45, 2.75) is 87.3 Å².